The van der Waals surface area contributed by atoms with Crippen LogP contribution >= 0.6 is 0 Å². The van der Waals surface area contributed by atoms with E-state index in [0.29, 0.717) is 17.2 Å². The van der Waals surface area contributed by atoms with E-state index in [0.717, 1.165) is 6.42 Å². The number of Topliss-reactive ketones (excluding diaryl/α,β-unsaturated/α-hetero) is 1. The molecule has 144 valence electrons. The molecule has 0 aliphatic rings. The Morgan fingerprint density at radius 1 is 0.963 bits per heavy atom. The molecule has 2 aromatic rings. The lowest BCUT2D eigenvalue weighted by Crippen LogP contribution is -2.93. The van der Waals surface area contributed by atoms with E-state index in [1.165, 1.54) is 18.1 Å². The molecule has 0 spiro atoms. The minimum atomic E-state index is -0.226. The molecule has 4 heteroatoms. The summed E-state index contributed by atoms with van der Waals surface area (Å²) in [5.41, 5.74) is 3.91. The molecule has 0 bridgehead atoms. The number of quaternary nitrogens is 1. The van der Waals surface area contributed by atoms with Crippen molar-refractivity contribution >= 4 is 17.4 Å². The molecule has 0 radical (unpaired) electrons. The normalized spacial score (nSPS) is 13.3. The molecule has 4 nitrogen and oxygen atoms in total. The van der Waals surface area contributed by atoms with Crippen LogP contribution in [0.3, 0.4) is 0 Å². The zero-order valence-electron chi connectivity index (χ0n) is 17.0. The van der Waals surface area contributed by atoms with E-state index in [4.69, 9.17) is 0 Å². The second-order valence-corrected chi connectivity index (χ2v) is 7.47. The van der Waals surface area contributed by atoms with Gasteiger partial charge in [-0.1, -0.05) is 45.0 Å². The molecular formula is C23H31N2O2+. The maximum Gasteiger partial charge on any atom is 0.282 e. The lowest BCUT2D eigenvalue weighted by Gasteiger charge is -2.23. The molecule has 3 N–H and O–H groups in total. The molecule has 2 atom stereocenters. The predicted molar refractivity (Wildman–Crippen MR) is 110 cm³/mol. The number of aryl methyl sites for hydroxylation is 1. The lowest BCUT2D eigenvalue weighted by atomic mass is 9.94. The standard InChI is InChI=1S/C23H30N2O2/c1-6-18-7-9-20(10-8-18)22(15(2)3)24-16(4)23(27)25-21-13-11-19(12-14-21)17(5)26/h7-16,22,24H,6H2,1-5H3,(H,25,27)/p+1/t16-,22+/m1/s1. The van der Waals surface area contributed by atoms with Gasteiger partial charge in [0, 0.05) is 22.7 Å². The second-order valence-electron chi connectivity index (χ2n) is 7.47. The van der Waals surface area contributed by atoms with Crippen molar-refractivity contribution in [3.63, 3.8) is 0 Å². The summed E-state index contributed by atoms with van der Waals surface area (Å²) in [5.74, 6) is 0.382. The molecule has 0 aromatic heterocycles. The van der Waals surface area contributed by atoms with Crippen LogP contribution in [-0.2, 0) is 11.2 Å². The number of ketones is 1. The van der Waals surface area contributed by atoms with Crippen LogP contribution in [0.4, 0.5) is 5.69 Å². The summed E-state index contributed by atoms with van der Waals surface area (Å²) in [7, 11) is 0. The fourth-order valence-electron chi connectivity index (χ4n) is 3.14. The van der Waals surface area contributed by atoms with Crippen molar-refractivity contribution in [1.82, 2.24) is 0 Å². The van der Waals surface area contributed by atoms with E-state index in [2.05, 4.69) is 55.7 Å². The zero-order chi connectivity index (χ0) is 20.0. The number of rotatable bonds is 8. The Morgan fingerprint density at radius 3 is 2.04 bits per heavy atom. The highest BCUT2D eigenvalue weighted by molar-refractivity contribution is 5.96. The summed E-state index contributed by atoms with van der Waals surface area (Å²) in [6.45, 7) is 9.97. The van der Waals surface area contributed by atoms with Gasteiger partial charge in [-0.05, 0) is 50.1 Å². The van der Waals surface area contributed by atoms with E-state index in [1.807, 2.05) is 6.92 Å². The van der Waals surface area contributed by atoms with Crippen LogP contribution in [0.1, 0.15) is 62.1 Å². The Labute approximate surface area is 162 Å². The number of benzene rings is 2. The zero-order valence-corrected chi connectivity index (χ0v) is 17.0. The molecule has 0 aliphatic carbocycles. The summed E-state index contributed by atoms with van der Waals surface area (Å²) in [6.07, 6.45) is 1.03. The van der Waals surface area contributed by atoms with Crippen molar-refractivity contribution in [2.75, 3.05) is 5.32 Å². The van der Waals surface area contributed by atoms with Crippen molar-refractivity contribution < 1.29 is 14.9 Å². The number of nitrogens with one attached hydrogen (secondary N) is 1. The van der Waals surface area contributed by atoms with Crippen molar-refractivity contribution in [3.8, 4) is 0 Å². The SMILES string of the molecule is CCc1ccc([C@@H]([NH2+][C@H](C)C(=O)Nc2ccc(C(C)=O)cc2)C(C)C)cc1. The maximum atomic E-state index is 12.6. The fraction of sp³-hybridized carbons (Fsp3) is 0.391. The van der Waals surface area contributed by atoms with Crippen molar-refractivity contribution in [1.29, 1.82) is 0 Å². The van der Waals surface area contributed by atoms with Crippen LogP contribution in [-0.4, -0.2) is 17.7 Å². The maximum absolute atomic E-state index is 12.6. The molecule has 0 aliphatic heterocycles. The first-order valence-corrected chi connectivity index (χ1v) is 9.67. The number of carbonyl (C=O) groups excluding carboxylic acids is 2. The molecular weight excluding hydrogens is 336 g/mol. The van der Waals surface area contributed by atoms with Gasteiger partial charge in [-0.2, -0.15) is 0 Å². The Hall–Kier alpha value is -2.46. The van der Waals surface area contributed by atoms with Gasteiger partial charge in [0.2, 0.25) is 0 Å². The van der Waals surface area contributed by atoms with Crippen LogP contribution in [0.15, 0.2) is 48.5 Å². The summed E-state index contributed by atoms with van der Waals surface area (Å²) in [5, 5.41) is 5.07. The van der Waals surface area contributed by atoms with Crippen LogP contribution in [0, 0.1) is 5.92 Å². The predicted octanol–water partition coefficient (Wildman–Crippen LogP) is 3.74. The van der Waals surface area contributed by atoms with Gasteiger partial charge >= 0.3 is 0 Å². The summed E-state index contributed by atoms with van der Waals surface area (Å²) in [6, 6.07) is 15.7. The Morgan fingerprint density at radius 2 is 1.56 bits per heavy atom. The van der Waals surface area contributed by atoms with Gasteiger partial charge in [0.15, 0.2) is 11.8 Å². The Kier molecular flexibility index (Phi) is 7.31. The van der Waals surface area contributed by atoms with Gasteiger partial charge in [-0.25, -0.2) is 0 Å². The van der Waals surface area contributed by atoms with E-state index in [1.54, 1.807) is 24.3 Å². The third-order valence-electron chi connectivity index (χ3n) is 4.96. The minimum absolute atomic E-state index is 0.0171. The number of nitrogens with two attached hydrogens (primary N) is 1. The number of anilines is 1. The first-order valence-electron chi connectivity index (χ1n) is 9.67. The highest BCUT2D eigenvalue weighted by atomic mass is 16.2. The quantitative estimate of drug-likeness (QED) is 0.698. The average Bonchev–Trinajstić information content (AvgIpc) is 2.66. The number of carbonyl (C=O) groups is 2. The van der Waals surface area contributed by atoms with Crippen LogP contribution in [0.2, 0.25) is 0 Å². The van der Waals surface area contributed by atoms with Gasteiger partial charge in [0.1, 0.15) is 6.04 Å². The topological polar surface area (TPSA) is 62.8 Å². The van der Waals surface area contributed by atoms with Gasteiger partial charge in [0.05, 0.1) is 0 Å². The minimum Gasteiger partial charge on any atom is -0.330 e. The third kappa shape index (κ3) is 5.76. The molecule has 0 unspecified atom stereocenters. The molecule has 0 saturated carbocycles. The first-order chi connectivity index (χ1) is 12.8. The highest BCUT2D eigenvalue weighted by Crippen LogP contribution is 2.19. The van der Waals surface area contributed by atoms with Crippen molar-refractivity contribution in [2.45, 2.75) is 53.1 Å². The van der Waals surface area contributed by atoms with Crippen molar-refractivity contribution in [2.24, 2.45) is 5.92 Å². The monoisotopic (exact) mass is 367 g/mol. The Bertz CT molecular complexity index is 764. The van der Waals surface area contributed by atoms with E-state index in [9.17, 15) is 9.59 Å². The van der Waals surface area contributed by atoms with Crippen LogP contribution < -0.4 is 10.6 Å². The smallest absolute Gasteiger partial charge is 0.282 e. The average molecular weight is 368 g/mol. The number of amides is 1. The molecule has 2 aromatic carbocycles. The molecule has 27 heavy (non-hydrogen) atoms. The summed E-state index contributed by atoms with van der Waals surface area (Å²) >= 11 is 0. The molecule has 1 amide bonds. The van der Waals surface area contributed by atoms with E-state index in [-0.39, 0.29) is 23.8 Å². The van der Waals surface area contributed by atoms with Gasteiger partial charge in [-0.15, -0.1) is 0 Å². The fourth-order valence-corrected chi connectivity index (χ4v) is 3.14. The van der Waals surface area contributed by atoms with Gasteiger partial charge in [-0.3, -0.25) is 9.59 Å². The van der Waals surface area contributed by atoms with Crippen LogP contribution in [0.25, 0.3) is 0 Å². The summed E-state index contributed by atoms with van der Waals surface area (Å²) in [4.78, 5) is 24.0. The molecule has 2 rings (SSSR count). The largest absolute Gasteiger partial charge is 0.330 e. The van der Waals surface area contributed by atoms with E-state index >= 15 is 0 Å². The lowest BCUT2D eigenvalue weighted by molar-refractivity contribution is -0.718. The molecule has 0 heterocycles. The third-order valence-corrected chi connectivity index (χ3v) is 4.96. The van der Waals surface area contributed by atoms with Gasteiger partial charge in [0.25, 0.3) is 5.91 Å². The van der Waals surface area contributed by atoms with Crippen LogP contribution in [0.5, 0.6) is 0 Å². The summed E-state index contributed by atoms with van der Waals surface area (Å²) < 4.78 is 0. The molecule has 0 fully saturated rings. The number of hydrogen-bond acceptors (Lipinski definition) is 2. The molecule has 0 saturated heterocycles. The van der Waals surface area contributed by atoms with Gasteiger partial charge < -0.3 is 10.6 Å². The highest BCUT2D eigenvalue weighted by Gasteiger charge is 2.25. The Balaban J connectivity index is 2.04. The number of hydrogen-bond donors (Lipinski definition) is 2. The van der Waals surface area contributed by atoms with Crippen molar-refractivity contribution in [3.05, 3.63) is 65.2 Å². The first kappa shape index (κ1) is 20.8. The van der Waals surface area contributed by atoms with E-state index < -0.39 is 0 Å². The second kappa shape index (κ2) is 9.47.